The number of rotatable bonds is 3. The van der Waals surface area contributed by atoms with Crippen LogP contribution in [0.1, 0.15) is 42.9 Å². The first-order valence-electron chi connectivity index (χ1n) is 5.31. The fourth-order valence-electron chi connectivity index (χ4n) is 1.39. The van der Waals surface area contributed by atoms with E-state index >= 15 is 0 Å². The SMILES string of the molecule is COC(=O)c1oc(CS(C)(=O)=O)nc1C(C)(C)C. The summed E-state index contributed by atoms with van der Waals surface area (Å²) in [7, 11) is -2.04. The van der Waals surface area contributed by atoms with Gasteiger partial charge in [-0.25, -0.2) is 18.2 Å². The van der Waals surface area contributed by atoms with Crippen molar-refractivity contribution >= 4 is 15.8 Å². The minimum Gasteiger partial charge on any atom is -0.463 e. The van der Waals surface area contributed by atoms with E-state index in [1.54, 1.807) is 0 Å². The first-order chi connectivity index (χ1) is 8.04. The van der Waals surface area contributed by atoms with Crippen LogP contribution in [0.5, 0.6) is 0 Å². The summed E-state index contributed by atoms with van der Waals surface area (Å²) >= 11 is 0. The van der Waals surface area contributed by atoms with Crippen LogP contribution < -0.4 is 0 Å². The number of nitrogens with zero attached hydrogens (tertiary/aromatic N) is 1. The minimum absolute atomic E-state index is 0.00262. The molecule has 0 saturated heterocycles. The second-order valence-electron chi connectivity index (χ2n) is 5.10. The molecule has 0 fully saturated rings. The lowest BCUT2D eigenvalue weighted by atomic mass is 9.91. The zero-order chi connectivity index (χ0) is 14.1. The second kappa shape index (κ2) is 4.72. The van der Waals surface area contributed by atoms with Gasteiger partial charge in [0, 0.05) is 11.7 Å². The van der Waals surface area contributed by atoms with Crippen LogP contribution in [0.2, 0.25) is 0 Å². The lowest BCUT2D eigenvalue weighted by molar-refractivity contribution is 0.0559. The molecule has 18 heavy (non-hydrogen) atoms. The molecule has 0 amide bonds. The quantitative estimate of drug-likeness (QED) is 0.773. The van der Waals surface area contributed by atoms with Crippen molar-refractivity contribution in [3.8, 4) is 0 Å². The highest BCUT2D eigenvalue weighted by molar-refractivity contribution is 7.89. The Bertz CT molecular complexity index is 550. The smallest absolute Gasteiger partial charge is 0.376 e. The number of hydrogen-bond acceptors (Lipinski definition) is 6. The van der Waals surface area contributed by atoms with Gasteiger partial charge in [0.1, 0.15) is 5.75 Å². The van der Waals surface area contributed by atoms with Crippen LogP contribution in [0, 0.1) is 0 Å². The average Bonchev–Trinajstić information content (AvgIpc) is 2.57. The van der Waals surface area contributed by atoms with Gasteiger partial charge >= 0.3 is 5.97 Å². The van der Waals surface area contributed by atoms with Crippen molar-refractivity contribution in [3.63, 3.8) is 0 Å². The normalized spacial score (nSPS) is 12.5. The summed E-state index contributed by atoms with van der Waals surface area (Å²) in [5.41, 5.74) is -0.0454. The molecule has 0 aliphatic carbocycles. The highest BCUT2D eigenvalue weighted by atomic mass is 32.2. The first-order valence-corrected chi connectivity index (χ1v) is 7.37. The Hall–Kier alpha value is -1.37. The van der Waals surface area contributed by atoms with Gasteiger partial charge in [-0.2, -0.15) is 0 Å². The summed E-state index contributed by atoms with van der Waals surface area (Å²) in [5, 5.41) is 0. The zero-order valence-electron chi connectivity index (χ0n) is 11.1. The summed E-state index contributed by atoms with van der Waals surface area (Å²) < 4.78 is 32.2. The standard InChI is InChI=1S/C11H17NO5S/c1-11(2,3)9-8(10(13)16-4)17-7(12-9)6-18(5,14)15/h6H2,1-5H3. The van der Waals surface area contributed by atoms with Crippen molar-refractivity contribution in [2.75, 3.05) is 13.4 Å². The predicted octanol–water partition coefficient (Wildman–Crippen LogP) is 1.30. The summed E-state index contributed by atoms with van der Waals surface area (Å²) in [6, 6.07) is 0. The van der Waals surface area contributed by atoms with Crippen LogP contribution in [-0.4, -0.2) is 32.7 Å². The van der Waals surface area contributed by atoms with Crippen LogP contribution in [0.4, 0.5) is 0 Å². The van der Waals surface area contributed by atoms with Crippen molar-refractivity contribution in [2.45, 2.75) is 31.9 Å². The number of hydrogen-bond donors (Lipinski definition) is 0. The second-order valence-corrected chi connectivity index (χ2v) is 7.24. The number of aromatic nitrogens is 1. The average molecular weight is 275 g/mol. The number of methoxy groups -OCH3 is 1. The van der Waals surface area contributed by atoms with E-state index in [1.165, 1.54) is 7.11 Å². The van der Waals surface area contributed by atoms with Crippen LogP contribution in [0.15, 0.2) is 4.42 Å². The van der Waals surface area contributed by atoms with Crippen LogP contribution in [0.25, 0.3) is 0 Å². The third-order valence-corrected chi connectivity index (χ3v) is 2.91. The Morgan fingerprint density at radius 3 is 2.33 bits per heavy atom. The molecule has 0 N–H and O–H groups in total. The molecule has 1 heterocycles. The highest BCUT2D eigenvalue weighted by Gasteiger charge is 2.30. The van der Waals surface area contributed by atoms with E-state index in [9.17, 15) is 13.2 Å². The van der Waals surface area contributed by atoms with Crippen molar-refractivity contribution in [1.82, 2.24) is 4.98 Å². The third kappa shape index (κ3) is 3.56. The fraction of sp³-hybridized carbons (Fsp3) is 0.636. The van der Waals surface area contributed by atoms with Gasteiger partial charge in [-0.1, -0.05) is 20.8 Å². The molecule has 1 aromatic heterocycles. The Balaban J connectivity index is 3.28. The van der Waals surface area contributed by atoms with Gasteiger partial charge in [0.2, 0.25) is 11.7 Å². The van der Waals surface area contributed by atoms with Crippen LogP contribution in [-0.2, 0) is 25.7 Å². The maximum absolute atomic E-state index is 11.6. The van der Waals surface area contributed by atoms with Gasteiger partial charge in [0.05, 0.1) is 12.8 Å². The molecular weight excluding hydrogens is 258 g/mol. The molecule has 0 aliphatic rings. The molecule has 6 nitrogen and oxygen atoms in total. The van der Waals surface area contributed by atoms with Gasteiger partial charge in [-0.05, 0) is 0 Å². The number of ether oxygens (including phenoxy) is 1. The van der Waals surface area contributed by atoms with E-state index in [2.05, 4.69) is 9.72 Å². The number of esters is 1. The van der Waals surface area contributed by atoms with Gasteiger partial charge < -0.3 is 9.15 Å². The topological polar surface area (TPSA) is 86.5 Å². The molecule has 0 atom stereocenters. The minimum atomic E-state index is -3.27. The predicted molar refractivity (Wildman–Crippen MR) is 65.1 cm³/mol. The largest absolute Gasteiger partial charge is 0.463 e. The van der Waals surface area contributed by atoms with E-state index in [0.717, 1.165) is 6.26 Å². The van der Waals surface area contributed by atoms with Crippen molar-refractivity contribution < 1.29 is 22.4 Å². The van der Waals surface area contributed by atoms with Crippen LogP contribution >= 0.6 is 0 Å². The summed E-state index contributed by atoms with van der Waals surface area (Å²) in [5.74, 6) is -1.04. The maximum Gasteiger partial charge on any atom is 0.376 e. The van der Waals surface area contributed by atoms with Crippen molar-refractivity contribution in [3.05, 3.63) is 17.3 Å². The molecule has 0 bridgehead atoms. The van der Waals surface area contributed by atoms with Gasteiger partial charge in [-0.15, -0.1) is 0 Å². The highest BCUT2D eigenvalue weighted by Crippen LogP contribution is 2.27. The lowest BCUT2D eigenvalue weighted by Gasteiger charge is -2.15. The van der Waals surface area contributed by atoms with Gasteiger partial charge in [0.25, 0.3) is 0 Å². The summed E-state index contributed by atoms with van der Waals surface area (Å²) in [6.45, 7) is 5.55. The fourth-order valence-corrected chi connectivity index (χ4v) is 1.96. The van der Waals surface area contributed by atoms with Crippen molar-refractivity contribution in [2.24, 2.45) is 0 Å². The Morgan fingerprint density at radius 2 is 1.94 bits per heavy atom. The Kier molecular flexibility index (Phi) is 3.85. The van der Waals surface area contributed by atoms with E-state index in [4.69, 9.17) is 4.42 Å². The van der Waals surface area contributed by atoms with Gasteiger partial charge in [-0.3, -0.25) is 0 Å². The number of oxazole rings is 1. The maximum atomic E-state index is 11.6. The number of sulfone groups is 1. The molecule has 102 valence electrons. The molecule has 0 spiro atoms. The van der Waals surface area contributed by atoms with Crippen molar-refractivity contribution in [1.29, 1.82) is 0 Å². The molecule has 0 unspecified atom stereocenters. The lowest BCUT2D eigenvalue weighted by Crippen LogP contribution is -2.17. The molecule has 0 saturated carbocycles. The Labute approximate surface area is 106 Å². The molecule has 1 aromatic rings. The summed E-state index contributed by atoms with van der Waals surface area (Å²) in [6.07, 6.45) is 1.08. The van der Waals surface area contributed by atoms with E-state index < -0.39 is 21.2 Å². The molecule has 0 aromatic carbocycles. The molecular formula is C11H17NO5S. The van der Waals surface area contributed by atoms with E-state index in [1.807, 2.05) is 20.8 Å². The van der Waals surface area contributed by atoms with E-state index in [-0.39, 0.29) is 17.4 Å². The molecule has 0 radical (unpaired) electrons. The van der Waals surface area contributed by atoms with Crippen LogP contribution in [0.3, 0.4) is 0 Å². The number of carbonyl (C=O) groups is 1. The molecule has 1 rings (SSSR count). The monoisotopic (exact) mass is 275 g/mol. The molecule has 0 aliphatic heterocycles. The summed E-state index contributed by atoms with van der Waals surface area (Å²) in [4.78, 5) is 15.6. The molecule has 7 heteroatoms. The zero-order valence-corrected chi connectivity index (χ0v) is 11.9. The Morgan fingerprint density at radius 1 is 1.39 bits per heavy atom. The van der Waals surface area contributed by atoms with Gasteiger partial charge in [0.15, 0.2) is 9.84 Å². The van der Waals surface area contributed by atoms with E-state index in [0.29, 0.717) is 5.69 Å². The number of carbonyl (C=O) groups excluding carboxylic acids is 1. The third-order valence-electron chi connectivity index (χ3n) is 2.14. The first kappa shape index (κ1) is 14.7.